The molecule has 1 aromatic carbocycles. The van der Waals surface area contributed by atoms with Gasteiger partial charge in [-0.05, 0) is 18.9 Å². The molecular formula is C13H13N3. The van der Waals surface area contributed by atoms with Crippen LogP contribution in [0.2, 0.25) is 0 Å². The predicted octanol–water partition coefficient (Wildman–Crippen LogP) is 2.73. The van der Waals surface area contributed by atoms with E-state index in [-0.39, 0.29) is 5.41 Å². The van der Waals surface area contributed by atoms with Gasteiger partial charge in [0.25, 0.3) is 0 Å². The van der Waals surface area contributed by atoms with E-state index in [0.29, 0.717) is 6.42 Å². The highest BCUT2D eigenvalue weighted by molar-refractivity contribution is 5.78. The highest BCUT2D eigenvalue weighted by Gasteiger charge is 2.43. The second-order valence-electron chi connectivity index (χ2n) is 4.70. The first-order chi connectivity index (χ1) is 7.83. The number of aromatic nitrogens is 2. The Balaban J connectivity index is 1.93. The van der Waals surface area contributed by atoms with E-state index in [1.54, 1.807) is 0 Å². The van der Waals surface area contributed by atoms with Crippen molar-refractivity contribution in [2.75, 3.05) is 0 Å². The van der Waals surface area contributed by atoms with Crippen LogP contribution in [0.1, 0.15) is 19.3 Å². The summed E-state index contributed by atoms with van der Waals surface area (Å²) in [6, 6.07) is 10.5. The van der Waals surface area contributed by atoms with E-state index in [9.17, 15) is 0 Å². The number of rotatable bonds is 3. The number of para-hydroxylation sites is 1. The molecule has 0 N–H and O–H groups in total. The minimum atomic E-state index is 0.212. The molecule has 1 saturated carbocycles. The number of benzene rings is 1. The van der Waals surface area contributed by atoms with Crippen LogP contribution in [0.25, 0.3) is 10.9 Å². The zero-order chi connectivity index (χ0) is 11.0. The first-order valence-electron chi connectivity index (χ1n) is 5.61. The molecule has 0 bridgehead atoms. The zero-order valence-electron chi connectivity index (χ0n) is 9.06. The summed E-state index contributed by atoms with van der Waals surface area (Å²) >= 11 is 0. The summed E-state index contributed by atoms with van der Waals surface area (Å²) in [5, 5.41) is 14.4. The third kappa shape index (κ3) is 1.47. The molecule has 0 amide bonds. The Labute approximate surface area is 94.3 Å². The van der Waals surface area contributed by atoms with Gasteiger partial charge in [-0.2, -0.15) is 10.4 Å². The molecule has 1 aromatic heterocycles. The summed E-state index contributed by atoms with van der Waals surface area (Å²) < 4.78 is 2.04. The number of hydrogen-bond acceptors (Lipinski definition) is 2. The highest BCUT2D eigenvalue weighted by atomic mass is 15.3. The lowest BCUT2D eigenvalue weighted by Gasteiger charge is -2.11. The average molecular weight is 211 g/mol. The van der Waals surface area contributed by atoms with Crippen LogP contribution >= 0.6 is 0 Å². The fourth-order valence-electron chi connectivity index (χ4n) is 2.20. The lowest BCUT2D eigenvalue weighted by molar-refractivity contribution is 0.413. The lowest BCUT2D eigenvalue weighted by atomic mass is 10.0. The summed E-state index contributed by atoms with van der Waals surface area (Å²) in [5.74, 6) is 0. The van der Waals surface area contributed by atoms with E-state index in [2.05, 4.69) is 23.3 Å². The van der Waals surface area contributed by atoms with Crippen LogP contribution in [-0.2, 0) is 6.54 Å². The molecule has 0 spiro atoms. The first kappa shape index (κ1) is 9.41. The van der Waals surface area contributed by atoms with Gasteiger partial charge in [-0.25, -0.2) is 0 Å². The molecule has 16 heavy (non-hydrogen) atoms. The molecule has 3 rings (SSSR count). The summed E-state index contributed by atoms with van der Waals surface area (Å²) in [6.07, 6.45) is 4.88. The summed E-state index contributed by atoms with van der Waals surface area (Å²) in [6.45, 7) is 0.883. The third-order valence-electron chi connectivity index (χ3n) is 3.45. The minimum absolute atomic E-state index is 0.212. The third-order valence-corrected chi connectivity index (χ3v) is 3.45. The number of fused-ring (bicyclic) bond motifs is 1. The van der Waals surface area contributed by atoms with Gasteiger partial charge in [0.15, 0.2) is 0 Å². The quantitative estimate of drug-likeness (QED) is 0.783. The molecule has 0 unspecified atom stereocenters. The molecule has 80 valence electrons. The maximum Gasteiger partial charge on any atom is 0.0682 e. The van der Waals surface area contributed by atoms with Gasteiger partial charge < -0.3 is 0 Å². The number of nitrogens with zero attached hydrogens (tertiary/aromatic N) is 3. The van der Waals surface area contributed by atoms with E-state index in [1.807, 2.05) is 23.0 Å². The predicted molar refractivity (Wildman–Crippen MR) is 61.6 cm³/mol. The van der Waals surface area contributed by atoms with Gasteiger partial charge in [-0.1, -0.05) is 18.2 Å². The molecule has 3 heteroatoms. The van der Waals surface area contributed by atoms with E-state index in [4.69, 9.17) is 5.26 Å². The Morgan fingerprint density at radius 1 is 1.38 bits per heavy atom. The van der Waals surface area contributed by atoms with Crippen molar-refractivity contribution in [2.24, 2.45) is 5.41 Å². The number of nitriles is 1. The van der Waals surface area contributed by atoms with Gasteiger partial charge >= 0.3 is 0 Å². The van der Waals surface area contributed by atoms with Gasteiger partial charge in [0.2, 0.25) is 0 Å². The zero-order valence-corrected chi connectivity index (χ0v) is 9.06. The van der Waals surface area contributed by atoms with Gasteiger partial charge in [0.1, 0.15) is 0 Å². The smallest absolute Gasteiger partial charge is 0.0682 e. The fourth-order valence-corrected chi connectivity index (χ4v) is 2.20. The van der Waals surface area contributed by atoms with Crippen molar-refractivity contribution >= 4 is 10.9 Å². The molecule has 2 aromatic rings. The van der Waals surface area contributed by atoms with Crippen LogP contribution in [0.4, 0.5) is 0 Å². The largest absolute Gasteiger partial charge is 0.264 e. The summed E-state index contributed by atoms with van der Waals surface area (Å²) in [7, 11) is 0. The van der Waals surface area contributed by atoms with Gasteiger partial charge in [-0.3, -0.25) is 4.68 Å². The van der Waals surface area contributed by atoms with Gasteiger partial charge in [0.05, 0.1) is 17.8 Å². The Hall–Kier alpha value is -1.82. The molecule has 0 saturated heterocycles. The molecular weight excluding hydrogens is 198 g/mol. The van der Waals surface area contributed by atoms with Crippen molar-refractivity contribution in [3.05, 3.63) is 30.5 Å². The van der Waals surface area contributed by atoms with Crippen molar-refractivity contribution in [3.63, 3.8) is 0 Å². The monoisotopic (exact) mass is 211 g/mol. The van der Waals surface area contributed by atoms with Gasteiger partial charge in [0, 0.05) is 23.8 Å². The Bertz CT molecular complexity index is 558. The van der Waals surface area contributed by atoms with E-state index in [1.165, 1.54) is 10.9 Å². The van der Waals surface area contributed by atoms with Crippen LogP contribution in [0.3, 0.4) is 0 Å². The maximum absolute atomic E-state index is 8.80. The SMILES string of the molecule is N#CCC1(Cn2ncc3ccccc32)CC1. The van der Waals surface area contributed by atoms with Crippen LogP contribution < -0.4 is 0 Å². The molecule has 3 nitrogen and oxygen atoms in total. The standard InChI is InChI=1S/C13H13N3/c14-8-7-13(5-6-13)10-16-12-4-2-1-3-11(12)9-15-16/h1-4,9H,5-7,10H2. The van der Waals surface area contributed by atoms with Crippen molar-refractivity contribution in [3.8, 4) is 6.07 Å². The van der Waals surface area contributed by atoms with E-state index < -0.39 is 0 Å². The summed E-state index contributed by atoms with van der Waals surface area (Å²) in [4.78, 5) is 0. The highest BCUT2D eigenvalue weighted by Crippen LogP contribution is 2.50. The number of hydrogen-bond donors (Lipinski definition) is 0. The van der Waals surface area contributed by atoms with Crippen LogP contribution in [-0.4, -0.2) is 9.78 Å². The molecule has 1 aliphatic rings. The Morgan fingerprint density at radius 2 is 2.19 bits per heavy atom. The van der Waals surface area contributed by atoms with Crippen molar-refractivity contribution in [1.82, 2.24) is 9.78 Å². The van der Waals surface area contributed by atoms with Crippen LogP contribution in [0.15, 0.2) is 30.5 Å². The second kappa shape index (κ2) is 3.34. The molecule has 0 aliphatic heterocycles. The van der Waals surface area contributed by atoms with E-state index >= 15 is 0 Å². The maximum atomic E-state index is 8.80. The molecule has 1 fully saturated rings. The normalized spacial score (nSPS) is 17.2. The average Bonchev–Trinajstić information content (AvgIpc) is 2.93. The molecule has 1 aliphatic carbocycles. The fraction of sp³-hybridized carbons (Fsp3) is 0.385. The molecule has 0 radical (unpaired) electrons. The topological polar surface area (TPSA) is 41.6 Å². The van der Waals surface area contributed by atoms with Crippen LogP contribution in [0, 0.1) is 16.7 Å². The van der Waals surface area contributed by atoms with Crippen molar-refractivity contribution in [2.45, 2.75) is 25.8 Å². The Kier molecular flexibility index (Phi) is 1.97. The lowest BCUT2D eigenvalue weighted by Crippen LogP contribution is -2.12. The van der Waals surface area contributed by atoms with E-state index in [0.717, 1.165) is 19.4 Å². The summed E-state index contributed by atoms with van der Waals surface area (Å²) in [5.41, 5.74) is 1.38. The Morgan fingerprint density at radius 3 is 2.94 bits per heavy atom. The second-order valence-corrected chi connectivity index (χ2v) is 4.70. The first-order valence-corrected chi connectivity index (χ1v) is 5.61. The molecule has 1 heterocycles. The minimum Gasteiger partial charge on any atom is -0.264 e. The molecule has 0 atom stereocenters. The van der Waals surface area contributed by atoms with Crippen molar-refractivity contribution in [1.29, 1.82) is 5.26 Å². The van der Waals surface area contributed by atoms with Crippen molar-refractivity contribution < 1.29 is 0 Å². The van der Waals surface area contributed by atoms with Crippen LogP contribution in [0.5, 0.6) is 0 Å². The van der Waals surface area contributed by atoms with Gasteiger partial charge in [-0.15, -0.1) is 0 Å².